The summed E-state index contributed by atoms with van der Waals surface area (Å²) in [4.78, 5) is 12.0. The molecule has 3 rings (SSSR count). The van der Waals surface area contributed by atoms with Crippen LogP contribution in [0.15, 0.2) is 72.8 Å². The van der Waals surface area contributed by atoms with E-state index in [-0.39, 0.29) is 24.7 Å². The number of hydrogen-bond acceptors (Lipinski definition) is 4. The van der Waals surface area contributed by atoms with Crippen LogP contribution >= 0.6 is 0 Å². The number of methoxy groups -OCH3 is 1. The third kappa shape index (κ3) is 6.24. The third-order valence-electron chi connectivity index (χ3n) is 4.38. The lowest BCUT2D eigenvalue weighted by Crippen LogP contribution is -2.24. The Balaban J connectivity index is 1.46. The first-order valence-corrected chi connectivity index (χ1v) is 9.63. The van der Waals surface area contributed by atoms with Crippen molar-refractivity contribution in [2.24, 2.45) is 0 Å². The molecule has 0 bridgehead atoms. The Kier molecular flexibility index (Phi) is 7.66. The summed E-state index contributed by atoms with van der Waals surface area (Å²) in [6.45, 7) is 0.880. The molecule has 6 heteroatoms. The molecule has 0 radical (unpaired) electrons. The molecule has 0 aliphatic carbocycles. The van der Waals surface area contributed by atoms with Gasteiger partial charge in [-0.15, -0.1) is 0 Å². The zero-order valence-electron chi connectivity index (χ0n) is 16.8. The summed E-state index contributed by atoms with van der Waals surface area (Å²) in [5.74, 6) is 0.741. The summed E-state index contributed by atoms with van der Waals surface area (Å²) < 4.78 is 30.0. The standard InChI is InChI=1S/C24H24FNO4/c1-28-23-15-19(11-12-22(23)30-17-18-7-3-2-4-8-18)16-26-24(27)13-14-29-21-10-6-5-9-20(21)25/h2-12,15H,13-14,16-17H2,1H3,(H,26,27). The fourth-order valence-corrected chi connectivity index (χ4v) is 2.78. The lowest BCUT2D eigenvalue weighted by atomic mass is 10.2. The monoisotopic (exact) mass is 409 g/mol. The van der Waals surface area contributed by atoms with Crippen molar-refractivity contribution in [3.63, 3.8) is 0 Å². The number of carbonyl (C=O) groups excluding carboxylic acids is 1. The van der Waals surface area contributed by atoms with Crippen molar-refractivity contribution in [1.29, 1.82) is 0 Å². The van der Waals surface area contributed by atoms with Crippen LogP contribution in [-0.4, -0.2) is 19.6 Å². The Bertz CT molecular complexity index is 962. The highest BCUT2D eigenvalue weighted by Gasteiger charge is 2.09. The van der Waals surface area contributed by atoms with Crippen LogP contribution < -0.4 is 19.5 Å². The number of para-hydroxylation sites is 1. The van der Waals surface area contributed by atoms with Crippen molar-refractivity contribution in [3.05, 3.63) is 89.7 Å². The topological polar surface area (TPSA) is 56.8 Å². The summed E-state index contributed by atoms with van der Waals surface area (Å²) >= 11 is 0. The number of halogens is 1. The van der Waals surface area contributed by atoms with Crippen LogP contribution in [0.2, 0.25) is 0 Å². The molecule has 0 aliphatic heterocycles. The predicted molar refractivity (Wildman–Crippen MR) is 112 cm³/mol. The molecule has 0 aromatic heterocycles. The van der Waals surface area contributed by atoms with Gasteiger partial charge in [0.05, 0.1) is 20.1 Å². The Morgan fingerprint density at radius 1 is 0.867 bits per heavy atom. The Morgan fingerprint density at radius 3 is 2.40 bits per heavy atom. The molecule has 3 aromatic carbocycles. The maximum absolute atomic E-state index is 13.5. The normalized spacial score (nSPS) is 10.3. The van der Waals surface area contributed by atoms with Crippen molar-refractivity contribution in [2.75, 3.05) is 13.7 Å². The van der Waals surface area contributed by atoms with Gasteiger partial charge in [-0.1, -0.05) is 48.5 Å². The first-order chi connectivity index (χ1) is 14.7. The van der Waals surface area contributed by atoms with Gasteiger partial charge in [-0.3, -0.25) is 4.79 Å². The number of amides is 1. The van der Waals surface area contributed by atoms with E-state index in [9.17, 15) is 9.18 Å². The van der Waals surface area contributed by atoms with Gasteiger partial charge >= 0.3 is 0 Å². The highest BCUT2D eigenvalue weighted by molar-refractivity contribution is 5.76. The van der Waals surface area contributed by atoms with Crippen molar-refractivity contribution in [1.82, 2.24) is 5.32 Å². The van der Waals surface area contributed by atoms with Gasteiger partial charge < -0.3 is 19.5 Å². The lowest BCUT2D eigenvalue weighted by Gasteiger charge is -2.13. The summed E-state index contributed by atoms with van der Waals surface area (Å²) in [5, 5.41) is 2.82. The summed E-state index contributed by atoms with van der Waals surface area (Å²) in [6, 6.07) is 21.5. The predicted octanol–water partition coefficient (Wildman–Crippen LogP) is 4.50. The molecule has 156 valence electrons. The number of hydrogen-bond donors (Lipinski definition) is 1. The van der Waals surface area contributed by atoms with Crippen LogP contribution in [-0.2, 0) is 17.9 Å². The third-order valence-corrected chi connectivity index (χ3v) is 4.38. The van der Waals surface area contributed by atoms with Crippen molar-refractivity contribution in [2.45, 2.75) is 19.6 Å². The minimum atomic E-state index is -0.445. The minimum absolute atomic E-state index is 0.0996. The molecule has 1 N–H and O–H groups in total. The molecule has 3 aromatic rings. The fraction of sp³-hybridized carbons (Fsp3) is 0.208. The van der Waals surface area contributed by atoms with Crippen molar-refractivity contribution in [3.8, 4) is 17.2 Å². The summed E-state index contributed by atoms with van der Waals surface area (Å²) in [5.41, 5.74) is 1.94. The second-order valence-electron chi connectivity index (χ2n) is 6.57. The largest absolute Gasteiger partial charge is 0.493 e. The number of carbonyl (C=O) groups is 1. The zero-order valence-corrected chi connectivity index (χ0v) is 16.8. The molecular weight excluding hydrogens is 385 g/mol. The van der Waals surface area contributed by atoms with Gasteiger partial charge in [-0.25, -0.2) is 4.39 Å². The van der Waals surface area contributed by atoms with E-state index in [1.54, 1.807) is 19.2 Å². The van der Waals surface area contributed by atoms with Gasteiger partial charge in [0.2, 0.25) is 5.91 Å². The maximum atomic E-state index is 13.5. The highest BCUT2D eigenvalue weighted by atomic mass is 19.1. The van der Waals surface area contributed by atoms with E-state index < -0.39 is 5.82 Å². The molecule has 0 aliphatic rings. The van der Waals surface area contributed by atoms with Crippen LogP contribution in [0.1, 0.15) is 17.5 Å². The van der Waals surface area contributed by atoms with Crippen molar-refractivity contribution < 1.29 is 23.4 Å². The Morgan fingerprint density at radius 2 is 1.63 bits per heavy atom. The molecule has 1 amide bonds. The van der Waals surface area contributed by atoms with Crippen LogP contribution in [0.25, 0.3) is 0 Å². The lowest BCUT2D eigenvalue weighted by molar-refractivity contribution is -0.121. The van der Waals surface area contributed by atoms with E-state index in [1.807, 2.05) is 48.5 Å². The van der Waals surface area contributed by atoms with E-state index in [0.29, 0.717) is 24.7 Å². The van der Waals surface area contributed by atoms with Crippen molar-refractivity contribution >= 4 is 5.91 Å². The molecule has 0 fully saturated rings. The Hall–Kier alpha value is -3.54. The van der Waals surface area contributed by atoms with Gasteiger partial charge in [0, 0.05) is 6.54 Å². The quantitative estimate of drug-likeness (QED) is 0.536. The number of benzene rings is 3. The maximum Gasteiger partial charge on any atom is 0.223 e. The van der Waals surface area contributed by atoms with Gasteiger partial charge in [0.15, 0.2) is 23.1 Å². The SMILES string of the molecule is COc1cc(CNC(=O)CCOc2ccccc2F)ccc1OCc1ccccc1. The molecule has 5 nitrogen and oxygen atoms in total. The van der Waals surface area contributed by atoms with E-state index in [4.69, 9.17) is 14.2 Å². The van der Waals surface area contributed by atoms with Crippen LogP contribution in [0.3, 0.4) is 0 Å². The highest BCUT2D eigenvalue weighted by Crippen LogP contribution is 2.28. The fourth-order valence-electron chi connectivity index (χ4n) is 2.78. The van der Waals surface area contributed by atoms with E-state index in [0.717, 1.165) is 11.1 Å². The average molecular weight is 409 g/mol. The van der Waals surface area contributed by atoms with Crippen LogP contribution in [0.5, 0.6) is 17.2 Å². The first kappa shape index (κ1) is 21.2. The summed E-state index contributed by atoms with van der Waals surface area (Å²) in [7, 11) is 1.58. The number of nitrogens with one attached hydrogen (secondary N) is 1. The van der Waals surface area contributed by atoms with Gasteiger partial charge in [-0.2, -0.15) is 0 Å². The van der Waals surface area contributed by atoms with Crippen LogP contribution in [0, 0.1) is 5.82 Å². The first-order valence-electron chi connectivity index (χ1n) is 9.63. The minimum Gasteiger partial charge on any atom is -0.493 e. The van der Waals surface area contributed by atoms with Gasteiger partial charge in [0.25, 0.3) is 0 Å². The smallest absolute Gasteiger partial charge is 0.223 e. The molecule has 0 spiro atoms. The second-order valence-corrected chi connectivity index (χ2v) is 6.57. The second kappa shape index (κ2) is 10.9. The van der Waals surface area contributed by atoms with E-state index in [2.05, 4.69) is 5.32 Å². The molecule has 30 heavy (non-hydrogen) atoms. The van der Waals surface area contributed by atoms with Gasteiger partial charge in [-0.05, 0) is 35.4 Å². The number of rotatable bonds is 10. The van der Waals surface area contributed by atoms with E-state index in [1.165, 1.54) is 12.1 Å². The molecule has 0 saturated carbocycles. The molecular formula is C24H24FNO4. The molecule has 0 unspecified atom stereocenters. The molecule has 0 saturated heterocycles. The summed E-state index contributed by atoms with van der Waals surface area (Å²) in [6.07, 6.45) is 0.129. The average Bonchev–Trinajstić information content (AvgIpc) is 2.78. The zero-order chi connectivity index (χ0) is 21.2. The molecule has 0 atom stereocenters. The van der Waals surface area contributed by atoms with Crippen LogP contribution in [0.4, 0.5) is 4.39 Å². The molecule has 0 heterocycles. The Labute approximate surface area is 175 Å². The van der Waals surface area contributed by atoms with Gasteiger partial charge in [0.1, 0.15) is 6.61 Å². The van der Waals surface area contributed by atoms with E-state index >= 15 is 0 Å². The number of ether oxygens (including phenoxy) is 3.